The standard InChI is InChI=1S/C23H34O5/c1-16(7-6-14-23(4)20(15-24)27-23)8-13-19-22(2,3)28-21(26-19)17-9-11-18(25-5)12-10-17/h7,9-12,19-21,24H,6,8,13-15H2,1-5H3/b16-7+/t19-,20+,21?,23-/m1/s1. The Morgan fingerprint density at radius 2 is 1.86 bits per heavy atom. The van der Waals surface area contributed by atoms with Crippen LogP contribution in [0.3, 0.4) is 0 Å². The summed E-state index contributed by atoms with van der Waals surface area (Å²) in [6.45, 7) is 8.55. The first kappa shape index (κ1) is 21.3. The number of aliphatic hydroxyl groups is 1. The van der Waals surface area contributed by atoms with Crippen molar-refractivity contribution in [3.05, 3.63) is 41.5 Å². The van der Waals surface area contributed by atoms with E-state index in [0.29, 0.717) is 0 Å². The average Bonchev–Trinajstić information content (AvgIpc) is 3.23. The quantitative estimate of drug-likeness (QED) is 0.495. The summed E-state index contributed by atoms with van der Waals surface area (Å²) in [5.41, 5.74) is 1.91. The Kier molecular flexibility index (Phi) is 6.50. The number of allylic oxidation sites excluding steroid dienone is 2. The molecule has 4 atom stereocenters. The number of ether oxygens (including phenoxy) is 4. The molecular weight excluding hydrogens is 356 g/mol. The third-order valence-electron chi connectivity index (χ3n) is 6.00. The van der Waals surface area contributed by atoms with E-state index in [-0.39, 0.29) is 36.3 Å². The number of hydrogen-bond donors (Lipinski definition) is 1. The normalized spacial score (nSPS) is 31.8. The van der Waals surface area contributed by atoms with Gasteiger partial charge in [-0.3, -0.25) is 0 Å². The number of methoxy groups -OCH3 is 1. The lowest BCUT2D eigenvalue weighted by Gasteiger charge is -2.23. The first-order chi connectivity index (χ1) is 13.3. The molecule has 1 aromatic rings. The monoisotopic (exact) mass is 390 g/mol. The van der Waals surface area contributed by atoms with E-state index in [0.717, 1.165) is 37.0 Å². The fourth-order valence-corrected chi connectivity index (χ4v) is 3.82. The maximum Gasteiger partial charge on any atom is 0.185 e. The van der Waals surface area contributed by atoms with Gasteiger partial charge >= 0.3 is 0 Å². The molecule has 0 aliphatic carbocycles. The zero-order chi connectivity index (χ0) is 20.4. The summed E-state index contributed by atoms with van der Waals surface area (Å²) in [6.07, 6.45) is 5.83. The Morgan fingerprint density at radius 1 is 1.14 bits per heavy atom. The molecule has 0 spiro atoms. The summed E-state index contributed by atoms with van der Waals surface area (Å²) in [4.78, 5) is 0. The first-order valence-corrected chi connectivity index (χ1v) is 10.2. The van der Waals surface area contributed by atoms with Gasteiger partial charge in [-0.15, -0.1) is 0 Å². The van der Waals surface area contributed by atoms with E-state index in [4.69, 9.17) is 24.1 Å². The second-order valence-corrected chi connectivity index (χ2v) is 8.68. The molecule has 1 N–H and O–H groups in total. The van der Waals surface area contributed by atoms with Gasteiger partial charge in [-0.05, 0) is 65.5 Å². The van der Waals surface area contributed by atoms with Crippen LogP contribution in [-0.4, -0.2) is 42.2 Å². The molecule has 5 nitrogen and oxygen atoms in total. The lowest BCUT2D eigenvalue weighted by Crippen LogP contribution is -2.32. The molecule has 2 fully saturated rings. The molecule has 5 heteroatoms. The van der Waals surface area contributed by atoms with Crippen LogP contribution in [-0.2, 0) is 14.2 Å². The van der Waals surface area contributed by atoms with Crippen LogP contribution in [0.15, 0.2) is 35.9 Å². The third-order valence-corrected chi connectivity index (χ3v) is 6.00. The Hall–Kier alpha value is -1.40. The van der Waals surface area contributed by atoms with Crippen LogP contribution in [0.5, 0.6) is 5.75 Å². The van der Waals surface area contributed by atoms with Crippen molar-refractivity contribution in [2.45, 2.75) is 83.1 Å². The van der Waals surface area contributed by atoms with Crippen molar-refractivity contribution in [3.8, 4) is 5.75 Å². The van der Waals surface area contributed by atoms with Crippen molar-refractivity contribution >= 4 is 0 Å². The number of hydrogen-bond acceptors (Lipinski definition) is 5. The van der Waals surface area contributed by atoms with Crippen molar-refractivity contribution in [3.63, 3.8) is 0 Å². The number of aliphatic hydroxyl groups excluding tert-OH is 1. The predicted octanol–water partition coefficient (Wildman–Crippen LogP) is 4.54. The van der Waals surface area contributed by atoms with Crippen LogP contribution < -0.4 is 4.74 Å². The molecule has 2 saturated heterocycles. The molecule has 156 valence electrons. The van der Waals surface area contributed by atoms with Crippen molar-refractivity contribution in [2.24, 2.45) is 0 Å². The molecule has 28 heavy (non-hydrogen) atoms. The number of epoxide rings is 1. The van der Waals surface area contributed by atoms with Gasteiger partial charge in [0.15, 0.2) is 6.29 Å². The van der Waals surface area contributed by atoms with Crippen LogP contribution in [0.25, 0.3) is 0 Å². The molecule has 1 unspecified atom stereocenters. The van der Waals surface area contributed by atoms with Crippen LogP contribution >= 0.6 is 0 Å². The summed E-state index contributed by atoms with van der Waals surface area (Å²) in [6, 6.07) is 7.85. The van der Waals surface area contributed by atoms with Crippen molar-refractivity contribution in [1.82, 2.24) is 0 Å². The van der Waals surface area contributed by atoms with Crippen molar-refractivity contribution in [1.29, 1.82) is 0 Å². The average molecular weight is 391 g/mol. The maximum absolute atomic E-state index is 9.16. The Morgan fingerprint density at radius 3 is 2.46 bits per heavy atom. The van der Waals surface area contributed by atoms with Crippen LogP contribution in [0, 0.1) is 0 Å². The van der Waals surface area contributed by atoms with Gasteiger partial charge in [-0.25, -0.2) is 0 Å². The zero-order valence-electron chi connectivity index (χ0n) is 17.7. The largest absolute Gasteiger partial charge is 0.497 e. The topological polar surface area (TPSA) is 60.5 Å². The van der Waals surface area contributed by atoms with E-state index in [9.17, 15) is 0 Å². The van der Waals surface area contributed by atoms with E-state index >= 15 is 0 Å². The van der Waals surface area contributed by atoms with E-state index in [1.54, 1.807) is 7.11 Å². The molecule has 1 aromatic carbocycles. The van der Waals surface area contributed by atoms with Crippen LogP contribution in [0.2, 0.25) is 0 Å². The van der Waals surface area contributed by atoms with Crippen molar-refractivity contribution in [2.75, 3.05) is 13.7 Å². The minimum Gasteiger partial charge on any atom is -0.497 e. The Labute approximate surface area is 168 Å². The Balaban J connectivity index is 1.48. The van der Waals surface area contributed by atoms with E-state index in [1.165, 1.54) is 5.57 Å². The number of rotatable bonds is 9. The van der Waals surface area contributed by atoms with E-state index in [1.807, 2.05) is 24.3 Å². The summed E-state index contributed by atoms with van der Waals surface area (Å²) in [5, 5.41) is 9.16. The minimum atomic E-state index is -0.336. The fourth-order valence-electron chi connectivity index (χ4n) is 3.82. The zero-order valence-corrected chi connectivity index (χ0v) is 17.7. The van der Waals surface area contributed by atoms with E-state index in [2.05, 4.69) is 33.8 Å². The van der Waals surface area contributed by atoms with Gasteiger partial charge in [0.2, 0.25) is 0 Å². The van der Waals surface area contributed by atoms with Gasteiger partial charge in [0.1, 0.15) is 11.9 Å². The van der Waals surface area contributed by atoms with E-state index < -0.39 is 0 Å². The highest BCUT2D eigenvalue weighted by atomic mass is 16.7. The SMILES string of the molecule is COc1ccc(C2O[C@H](CC/C(C)=C/CC[C@@]3(C)O[C@H]3CO)C(C)(C)O2)cc1. The summed E-state index contributed by atoms with van der Waals surface area (Å²) < 4.78 is 23.2. The lowest BCUT2D eigenvalue weighted by atomic mass is 9.95. The maximum atomic E-state index is 9.16. The molecule has 2 aliphatic heterocycles. The Bertz CT molecular complexity index is 681. The second-order valence-electron chi connectivity index (χ2n) is 8.68. The highest BCUT2D eigenvalue weighted by Gasteiger charge is 2.50. The summed E-state index contributed by atoms with van der Waals surface area (Å²) in [7, 11) is 1.66. The minimum absolute atomic E-state index is 0.0148. The second kappa shape index (κ2) is 8.54. The van der Waals surface area contributed by atoms with Gasteiger partial charge < -0.3 is 24.1 Å². The van der Waals surface area contributed by atoms with Gasteiger partial charge in [0.25, 0.3) is 0 Å². The highest BCUT2D eigenvalue weighted by Crippen LogP contribution is 2.41. The molecule has 0 bridgehead atoms. The van der Waals surface area contributed by atoms with Crippen LogP contribution in [0.4, 0.5) is 0 Å². The molecule has 0 aromatic heterocycles. The number of benzene rings is 1. The van der Waals surface area contributed by atoms with Gasteiger partial charge in [-0.2, -0.15) is 0 Å². The van der Waals surface area contributed by atoms with Gasteiger partial charge in [-0.1, -0.05) is 23.8 Å². The molecule has 0 saturated carbocycles. The lowest BCUT2D eigenvalue weighted by molar-refractivity contribution is -0.0838. The predicted molar refractivity (Wildman–Crippen MR) is 108 cm³/mol. The molecule has 3 rings (SSSR count). The van der Waals surface area contributed by atoms with Crippen molar-refractivity contribution < 1.29 is 24.1 Å². The molecule has 0 radical (unpaired) electrons. The fraction of sp³-hybridized carbons (Fsp3) is 0.652. The first-order valence-electron chi connectivity index (χ1n) is 10.2. The molecule has 2 heterocycles. The molecule has 0 amide bonds. The van der Waals surface area contributed by atoms with Crippen LogP contribution in [0.1, 0.15) is 65.2 Å². The van der Waals surface area contributed by atoms with Gasteiger partial charge in [0.05, 0.1) is 31.0 Å². The van der Waals surface area contributed by atoms with Gasteiger partial charge in [0, 0.05) is 5.56 Å². The molecular formula is C23H34O5. The highest BCUT2D eigenvalue weighted by molar-refractivity contribution is 5.28. The summed E-state index contributed by atoms with van der Waals surface area (Å²) >= 11 is 0. The molecule has 2 aliphatic rings. The summed E-state index contributed by atoms with van der Waals surface area (Å²) in [5.74, 6) is 0.828. The third kappa shape index (κ3) is 4.95. The smallest absolute Gasteiger partial charge is 0.185 e.